The van der Waals surface area contributed by atoms with Crippen LogP contribution in [0.25, 0.3) is 0 Å². The lowest BCUT2D eigenvalue weighted by atomic mass is 10.1. The van der Waals surface area contributed by atoms with Gasteiger partial charge in [-0.05, 0) is 50.2 Å². The molecule has 1 aromatic carbocycles. The highest BCUT2D eigenvalue weighted by atomic mass is 16.5. The Balaban J connectivity index is 1.79. The second-order valence-electron chi connectivity index (χ2n) is 6.09. The molecule has 5 nitrogen and oxygen atoms in total. The lowest BCUT2D eigenvalue weighted by Crippen LogP contribution is -2.41. The molecule has 0 bridgehead atoms. The van der Waals surface area contributed by atoms with Gasteiger partial charge in [0.2, 0.25) is 5.91 Å². The van der Waals surface area contributed by atoms with Gasteiger partial charge in [0.15, 0.2) is 0 Å². The van der Waals surface area contributed by atoms with E-state index in [1.165, 1.54) is 0 Å². The highest BCUT2D eigenvalue weighted by Crippen LogP contribution is 2.33. The average molecular weight is 325 g/mol. The lowest BCUT2D eigenvalue weighted by Gasteiger charge is -2.30. The highest BCUT2D eigenvalue weighted by Gasteiger charge is 2.37. The fourth-order valence-corrected chi connectivity index (χ4v) is 3.28. The van der Waals surface area contributed by atoms with Crippen molar-refractivity contribution in [1.82, 2.24) is 9.88 Å². The van der Waals surface area contributed by atoms with Crippen LogP contribution in [-0.4, -0.2) is 42.5 Å². The van der Waals surface area contributed by atoms with Gasteiger partial charge in [0.25, 0.3) is 0 Å². The Morgan fingerprint density at radius 1 is 1.25 bits per heavy atom. The summed E-state index contributed by atoms with van der Waals surface area (Å²) in [4.78, 5) is 21.0. The van der Waals surface area contributed by atoms with Crippen LogP contribution < -0.4 is 9.64 Å². The minimum atomic E-state index is -0.127. The summed E-state index contributed by atoms with van der Waals surface area (Å²) in [6.45, 7) is 2.83. The van der Waals surface area contributed by atoms with Gasteiger partial charge in [-0.2, -0.15) is 0 Å². The SMILES string of the molecule is COc1ccccc1N1CC[C@@H](N(C)[C@@H](C)c2ccncc2)C1=O. The zero-order valence-electron chi connectivity index (χ0n) is 14.3. The van der Waals surface area contributed by atoms with E-state index in [4.69, 9.17) is 4.74 Å². The maximum Gasteiger partial charge on any atom is 0.244 e. The Morgan fingerprint density at radius 2 is 1.96 bits per heavy atom. The topological polar surface area (TPSA) is 45.7 Å². The smallest absolute Gasteiger partial charge is 0.244 e. The van der Waals surface area contributed by atoms with Crippen LogP contribution in [0.2, 0.25) is 0 Å². The quantitative estimate of drug-likeness (QED) is 0.848. The van der Waals surface area contributed by atoms with Crippen molar-refractivity contribution in [2.24, 2.45) is 0 Å². The molecule has 1 aliphatic rings. The molecule has 2 atom stereocenters. The van der Waals surface area contributed by atoms with E-state index in [-0.39, 0.29) is 18.0 Å². The molecular formula is C19H23N3O2. The van der Waals surface area contributed by atoms with Crippen LogP contribution in [0.15, 0.2) is 48.8 Å². The second kappa shape index (κ2) is 7.01. The number of para-hydroxylation sites is 2. The van der Waals surface area contributed by atoms with E-state index in [1.54, 1.807) is 19.5 Å². The third-order valence-electron chi connectivity index (χ3n) is 4.84. The molecule has 3 rings (SSSR count). The number of ether oxygens (including phenoxy) is 1. The zero-order valence-corrected chi connectivity index (χ0v) is 14.3. The summed E-state index contributed by atoms with van der Waals surface area (Å²) in [5.74, 6) is 0.860. The summed E-state index contributed by atoms with van der Waals surface area (Å²) in [6, 6.07) is 11.7. The Hall–Kier alpha value is -2.40. The minimum absolute atomic E-state index is 0.127. The molecular weight excluding hydrogens is 302 g/mol. The van der Waals surface area contributed by atoms with Crippen molar-refractivity contribution in [3.8, 4) is 5.75 Å². The van der Waals surface area contributed by atoms with E-state index in [2.05, 4.69) is 16.8 Å². The first-order chi connectivity index (χ1) is 11.6. The van der Waals surface area contributed by atoms with Crippen molar-refractivity contribution < 1.29 is 9.53 Å². The predicted molar refractivity (Wildman–Crippen MR) is 94.2 cm³/mol. The van der Waals surface area contributed by atoms with Crippen LogP contribution in [0.3, 0.4) is 0 Å². The summed E-state index contributed by atoms with van der Waals surface area (Å²) < 4.78 is 5.40. The Bertz CT molecular complexity index is 705. The maximum absolute atomic E-state index is 13.0. The summed E-state index contributed by atoms with van der Waals surface area (Å²) in [7, 11) is 3.65. The minimum Gasteiger partial charge on any atom is -0.495 e. The van der Waals surface area contributed by atoms with E-state index in [0.29, 0.717) is 6.54 Å². The third kappa shape index (κ3) is 2.99. The molecule has 2 heterocycles. The summed E-state index contributed by atoms with van der Waals surface area (Å²) in [5, 5.41) is 0. The summed E-state index contributed by atoms with van der Waals surface area (Å²) in [6.07, 6.45) is 4.39. The first-order valence-electron chi connectivity index (χ1n) is 8.19. The number of nitrogens with zero attached hydrogens (tertiary/aromatic N) is 3. The van der Waals surface area contributed by atoms with Gasteiger partial charge in [-0.15, -0.1) is 0 Å². The first kappa shape index (κ1) is 16.5. The van der Waals surface area contributed by atoms with Gasteiger partial charge in [0, 0.05) is 25.0 Å². The summed E-state index contributed by atoms with van der Waals surface area (Å²) in [5.41, 5.74) is 2.01. The number of methoxy groups -OCH3 is 1. The van der Waals surface area contributed by atoms with Crippen LogP contribution in [0.5, 0.6) is 5.75 Å². The number of hydrogen-bond acceptors (Lipinski definition) is 4. The molecule has 126 valence electrons. The number of amides is 1. The molecule has 0 radical (unpaired) electrons. The molecule has 1 amide bonds. The van der Waals surface area contributed by atoms with Crippen LogP contribution in [0.4, 0.5) is 5.69 Å². The normalized spacial score (nSPS) is 18.9. The molecule has 0 unspecified atom stereocenters. The predicted octanol–water partition coefficient (Wildman–Crippen LogP) is 2.89. The second-order valence-corrected chi connectivity index (χ2v) is 6.09. The lowest BCUT2D eigenvalue weighted by molar-refractivity contribution is -0.121. The fourth-order valence-electron chi connectivity index (χ4n) is 3.28. The van der Waals surface area contributed by atoms with Crippen LogP contribution >= 0.6 is 0 Å². The molecule has 1 aromatic heterocycles. The molecule has 1 saturated heterocycles. The van der Waals surface area contributed by atoms with E-state index >= 15 is 0 Å². The highest BCUT2D eigenvalue weighted by molar-refractivity contribution is 6.00. The monoisotopic (exact) mass is 325 g/mol. The molecule has 0 saturated carbocycles. The van der Waals surface area contributed by atoms with Crippen molar-refractivity contribution in [1.29, 1.82) is 0 Å². The molecule has 2 aromatic rings. The van der Waals surface area contributed by atoms with Gasteiger partial charge in [-0.3, -0.25) is 14.7 Å². The van der Waals surface area contributed by atoms with Crippen molar-refractivity contribution in [2.45, 2.75) is 25.4 Å². The number of pyridine rings is 1. The van der Waals surface area contributed by atoms with Crippen molar-refractivity contribution in [2.75, 3.05) is 25.6 Å². The van der Waals surface area contributed by atoms with Gasteiger partial charge >= 0.3 is 0 Å². The van der Waals surface area contributed by atoms with Gasteiger partial charge in [0.1, 0.15) is 5.75 Å². The molecule has 0 aliphatic carbocycles. The van der Waals surface area contributed by atoms with E-state index < -0.39 is 0 Å². The summed E-state index contributed by atoms with van der Waals surface area (Å²) >= 11 is 0. The largest absolute Gasteiger partial charge is 0.495 e. The molecule has 5 heteroatoms. The van der Waals surface area contributed by atoms with Gasteiger partial charge in [-0.1, -0.05) is 12.1 Å². The van der Waals surface area contributed by atoms with Crippen LogP contribution in [0.1, 0.15) is 24.9 Å². The third-order valence-corrected chi connectivity index (χ3v) is 4.84. The van der Waals surface area contributed by atoms with Crippen LogP contribution in [-0.2, 0) is 4.79 Å². The maximum atomic E-state index is 13.0. The molecule has 1 fully saturated rings. The number of benzene rings is 1. The van der Waals surface area contributed by atoms with Crippen molar-refractivity contribution >= 4 is 11.6 Å². The van der Waals surface area contributed by atoms with Gasteiger partial charge in [-0.25, -0.2) is 0 Å². The fraction of sp³-hybridized carbons (Fsp3) is 0.368. The molecule has 24 heavy (non-hydrogen) atoms. The Kier molecular flexibility index (Phi) is 4.81. The number of hydrogen-bond donors (Lipinski definition) is 0. The van der Waals surface area contributed by atoms with E-state index in [0.717, 1.165) is 23.4 Å². The van der Waals surface area contributed by atoms with Crippen LogP contribution in [0, 0.1) is 0 Å². The average Bonchev–Trinajstić information content (AvgIpc) is 3.02. The number of carbonyl (C=O) groups is 1. The number of likely N-dealkylation sites (N-methyl/N-ethyl adjacent to an activating group) is 1. The molecule has 0 N–H and O–H groups in total. The van der Waals surface area contributed by atoms with Gasteiger partial charge < -0.3 is 9.64 Å². The zero-order chi connectivity index (χ0) is 17.1. The van der Waals surface area contributed by atoms with Crippen molar-refractivity contribution in [3.05, 3.63) is 54.4 Å². The number of rotatable bonds is 5. The first-order valence-corrected chi connectivity index (χ1v) is 8.19. The number of anilines is 1. The standard InChI is InChI=1S/C19H23N3O2/c1-14(15-8-11-20-12-9-15)21(2)17-10-13-22(19(17)23)16-6-4-5-7-18(16)24-3/h4-9,11-12,14,17H,10,13H2,1-3H3/t14-,17+/m0/s1. The van der Waals surface area contributed by atoms with Gasteiger partial charge in [0.05, 0.1) is 18.8 Å². The Morgan fingerprint density at radius 3 is 2.67 bits per heavy atom. The molecule has 1 aliphatic heterocycles. The van der Waals surface area contributed by atoms with E-state index in [9.17, 15) is 4.79 Å². The van der Waals surface area contributed by atoms with E-state index in [1.807, 2.05) is 48.3 Å². The molecule has 0 spiro atoms. The Labute approximate surface area is 142 Å². The van der Waals surface area contributed by atoms with Crippen molar-refractivity contribution in [3.63, 3.8) is 0 Å². The number of carbonyl (C=O) groups excluding carboxylic acids is 1. The number of aromatic nitrogens is 1.